The highest BCUT2D eigenvalue weighted by Gasteiger charge is 2.17. The molecule has 0 spiro atoms. The van der Waals surface area contributed by atoms with E-state index >= 15 is 0 Å². The number of hydrogen-bond acceptors (Lipinski definition) is 4. The van der Waals surface area contributed by atoms with Crippen LogP contribution in [0.3, 0.4) is 0 Å². The molecule has 2 rings (SSSR count). The van der Waals surface area contributed by atoms with Gasteiger partial charge in [-0.25, -0.2) is 0 Å². The summed E-state index contributed by atoms with van der Waals surface area (Å²) in [5.74, 6) is 1.12. The van der Waals surface area contributed by atoms with Gasteiger partial charge in [-0.2, -0.15) is 5.26 Å². The van der Waals surface area contributed by atoms with E-state index in [1.807, 2.05) is 0 Å². The van der Waals surface area contributed by atoms with Gasteiger partial charge in [-0.05, 0) is 6.92 Å². The number of carbonyl (C=O) groups is 1. The van der Waals surface area contributed by atoms with E-state index in [9.17, 15) is 4.79 Å². The Morgan fingerprint density at radius 3 is 2.63 bits per heavy atom. The Kier molecular flexibility index (Phi) is 3.43. The van der Waals surface area contributed by atoms with Gasteiger partial charge in [0.25, 0.3) is 0 Å². The maximum Gasteiger partial charge on any atom is 0.162 e. The molecule has 0 atom stereocenters. The van der Waals surface area contributed by atoms with Gasteiger partial charge in [-0.1, -0.05) is 0 Å². The molecule has 0 radical (unpaired) electrons. The largest absolute Gasteiger partial charge is 0.497 e. The molecule has 1 aromatic heterocycles. The average Bonchev–Trinajstić information content (AvgIpc) is 2.77. The van der Waals surface area contributed by atoms with E-state index in [2.05, 4.69) is 6.07 Å². The fraction of sp³-hybridized carbons (Fsp3) is 0.286. The minimum atomic E-state index is -0.0647. The van der Waals surface area contributed by atoms with E-state index in [0.717, 1.165) is 5.52 Å². The Bertz CT molecular complexity index is 680. The molecule has 0 saturated heterocycles. The van der Waals surface area contributed by atoms with E-state index in [0.29, 0.717) is 22.4 Å². The molecule has 0 amide bonds. The lowest BCUT2D eigenvalue weighted by molar-refractivity contribution is 0.101. The quantitative estimate of drug-likeness (QED) is 0.790. The van der Waals surface area contributed by atoms with Gasteiger partial charge in [0, 0.05) is 23.9 Å². The first-order valence-electron chi connectivity index (χ1n) is 5.75. The van der Waals surface area contributed by atoms with Crippen LogP contribution in [0.2, 0.25) is 0 Å². The molecule has 1 aromatic carbocycles. The summed E-state index contributed by atoms with van der Waals surface area (Å²) in [5.41, 5.74) is 1.30. The summed E-state index contributed by atoms with van der Waals surface area (Å²) in [6.07, 6.45) is 1.68. The number of Topliss-reactive ketones (excluding diaryl/α,β-unsaturated/α-hetero) is 1. The van der Waals surface area contributed by atoms with Gasteiger partial charge in [0.2, 0.25) is 0 Å². The maximum absolute atomic E-state index is 11.7. The van der Waals surface area contributed by atoms with Crippen molar-refractivity contribution in [3.05, 3.63) is 23.9 Å². The minimum Gasteiger partial charge on any atom is -0.497 e. The van der Waals surface area contributed by atoms with Crippen LogP contribution in [0.25, 0.3) is 10.9 Å². The number of benzene rings is 1. The standard InChI is InChI=1S/C14H14N2O3/c1-9(17)11-8-16(5-4-15)12-6-10(18-2)7-13(19-3)14(11)12/h6-8H,5H2,1-3H3. The number of nitriles is 1. The molecular formula is C14H14N2O3. The van der Waals surface area contributed by atoms with Crippen LogP contribution in [0.5, 0.6) is 11.5 Å². The van der Waals surface area contributed by atoms with Crippen molar-refractivity contribution in [1.29, 1.82) is 5.26 Å². The topological polar surface area (TPSA) is 64.2 Å². The lowest BCUT2D eigenvalue weighted by Crippen LogP contribution is -1.94. The predicted octanol–water partition coefficient (Wildman–Crippen LogP) is 2.38. The summed E-state index contributed by atoms with van der Waals surface area (Å²) >= 11 is 0. The van der Waals surface area contributed by atoms with E-state index in [1.54, 1.807) is 37.1 Å². The number of carbonyl (C=O) groups excluding carboxylic acids is 1. The first-order valence-corrected chi connectivity index (χ1v) is 5.75. The van der Waals surface area contributed by atoms with Crippen molar-refractivity contribution in [2.24, 2.45) is 0 Å². The fourth-order valence-electron chi connectivity index (χ4n) is 2.12. The summed E-state index contributed by atoms with van der Waals surface area (Å²) in [6.45, 7) is 1.66. The van der Waals surface area contributed by atoms with Crippen LogP contribution < -0.4 is 9.47 Å². The van der Waals surface area contributed by atoms with Crippen molar-refractivity contribution >= 4 is 16.7 Å². The van der Waals surface area contributed by atoms with Gasteiger partial charge in [0.1, 0.15) is 18.0 Å². The number of aromatic nitrogens is 1. The van der Waals surface area contributed by atoms with Crippen molar-refractivity contribution in [1.82, 2.24) is 4.57 Å². The Morgan fingerprint density at radius 1 is 1.37 bits per heavy atom. The number of methoxy groups -OCH3 is 2. The zero-order valence-corrected chi connectivity index (χ0v) is 11.1. The molecule has 0 unspecified atom stereocenters. The minimum absolute atomic E-state index is 0.0647. The summed E-state index contributed by atoms with van der Waals surface area (Å²) in [5, 5.41) is 9.58. The molecule has 0 aliphatic rings. The van der Waals surface area contributed by atoms with E-state index in [4.69, 9.17) is 14.7 Å². The monoisotopic (exact) mass is 258 g/mol. The zero-order chi connectivity index (χ0) is 14.0. The van der Waals surface area contributed by atoms with Crippen molar-refractivity contribution in [2.45, 2.75) is 13.5 Å². The Hall–Kier alpha value is -2.48. The molecule has 5 nitrogen and oxygen atoms in total. The van der Waals surface area contributed by atoms with Crippen molar-refractivity contribution in [3.63, 3.8) is 0 Å². The number of nitrogens with zero attached hydrogens (tertiary/aromatic N) is 2. The number of rotatable bonds is 4. The number of ketones is 1. The highest BCUT2D eigenvalue weighted by atomic mass is 16.5. The zero-order valence-electron chi connectivity index (χ0n) is 11.1. The molecule has 0 fully saturated rings. The third-order valence-electron chi connectivity index (χ3n) is 2.99. The molecule has 5 heteroatoms. The highest BCUT2D eigenvalue weighted by molar-refractivity contribution is 6.09. The fourth-order valence-corrected chi connectivity index (χ4v) is 2.12. The van der Waals surface area contributed by atoms with Gasteiger partial charge in [0.05, 0.1) is 31.2 Å². The Morgan fingerprint density at radius 2 is 2.11 bits per heavy atom. The first kappa shape index (κ1) is 13.0. The molecular weight excluding hydrogens is 244 g/mol. The molecule has 19 heavy (non-hydrogen) atoms. The molecule has 0 saturated carbocycles. The molecule has 2 aromatic rings. The van der Waals surface area contributed by atoms with Crippen molar-refractivity contribution in [3.8, 4) is 17.6 Å². The highest BCUT2D eigenvalue weighted by Crippen LogP contribution is 2.35. The van der Waals surface area contributed by atoms with Crippen LogP contribution in [-0.4, -0.2) is 24.6 Å². The van der Waals surface area contributed by atoms with Gasteiger partial charge in [-0.3, -0.25) is 4.79 Å². The smallest absolute Gasteiger partial charge is 0.162 e. The number of hydrogen-bond donors (Lipinski definition) is 0. The van der Waals surface area contributed by atoms with Crippen LogP contribution in [0.15, 0.2) is 18.3 Å². The van der Waals surface area contributed by atoms with Gasteiger partial charge in [0.15, 0.2) is 5.78 Å². The van der Waals surface area contributed by atoms with Crippen LogP contribution in [0, 0.1) is 11.3 Å². The Balaban J connectivity index is 2.85. The number of ether oxygens (including phenoxy) is 2. The summed E-state index contributed by atoms with van der Waals surface area (Å²) in [4.78, 5) is 11.7. The second-order valence-corrected chi connectivity index (χ2v) is 4.11. The van der Waals surface area contributed by atoms with Crippen LogP contribution >= 0.6 is 0 Å². The lowest BCUT2D eigenvalue weighted by atomic mass is 10.1. The SMILES string of the molecule is COc1cc(OC)c2c(C(C)=O)cn(CC#N)c2c1. The van der Waals surface area contributed by atoms with Gasteiger partial charge in [-0.15, -0.1) is 0 Å². The average molecular weight is 258 g/mol. The van der Waals surface area contributed by atoms with Crippen LogP contribution in [0.1, 0.15) is 17.3 Å². The molecule has 98 valence electrons. The van der Waals surface area contributed by atoms with Crippen molar-refractivity contribution in [2.75, 3.05) is 14.2 Å². The third-order valence-corrected chi connectivity index (χ3v) is 2.99. The predicted molar refractivity (Wildman–Crippen MR) is 70.7 cm³/mol. The number of fused-ring (bicyclic) bond motifs is 1. The molecule has 1 heterocycles. The van der Waals surface area contributed by atoms with Crippen LogP contribution in [0.4, 0.5) is 0 Å². The van der Waals surface area contributed by atoms with Gasteiger partial charge < -0.3 is 14.0 Å². The second kappa shape index (κ2) is 5.02. The summed E-state index contributed by atoms with van der Waals surface area (Å²) in [6, 6.07) is 5.59. The van der Waals surface area contributed by atoms with Gasteiger partial charge >= 0.3 is 0 Å². The van der Waals surface area contributed by atoms with E-state index in [-0.39, 0.29) is 12.3 Å². The van der Waals surface area contributed by atoms with Crippen LogP contribution in [-0.2, 0) is 6.54 Å². The molecule has 0 aliphatic heterocycles. The molecule has 0 N–H and O–H groups in total. The third kappa shape index (κ3) is 2.13. The second-order valence-electron chi connectivity index (χ2n) is 4.11. The summed E-state index contributed by atoms with van der Waals surface area (Å²) < 4.78 is 12.2. The normalized spacial score (nSPS) is 10.2. The molecule has 0 bridgehead atoms. The van der Waals surface area contributed by atoms with E-state index < -0.39 is 0 Å². The van der Waals surface area contributed by atoms with E-state index in [1.165, 1.54) is 6.92 Å². The summed E-state index contributed by atoms with van der Waals surface area (Å²) in [7, 11) is 3.10. The maximum atomic E-state index is 11.7. The Labute approximate surface area is 111 Å². The molecule has 0 aliphatic carbocycles. The van der Waals surface area contributed by atoms with Crippen molar-refractivity contribution < 1.29 is 14.3 Å². The first-order chi connectivity index (χ1) is 9.12. The lowest BCUT2D eigenvalue weighted by Gasteiger charge is -2.08.